The van der Waals surface area contributed by atoms with Crippen molar-refractivity contribution in [2.75, 3.05) is 14.1 Å². The second-order valence-electron chi connectivity index (χ2n) is 5.68. The van der Waals surface area contributed by atoms with Crippen LogP contribution in [-0.2, 0) is 17.8 Å². The summed E-state index contributed by atoms with van der Waals surface area (Å²) in [5, 5.41) is 0. The van der Waals surface area contributed by atoms with Crippen molar-refractivity contribution in [2.24, 2.45) is 0 Å². The molecule has 0 radical (unpaired) electrons. The number of rotatable bonds is 8. The van der Waals surface area contributed by atoms with E-state index >= 15 is 0 Å². The lowest BCUT2D eigenvalue weighted by atomic mass is 10.2. The highest BCUT2D eigenvalue weighted by Crippen LogP contribution is 2.16. The van der Waals surface area contributed by atoms with Crippen molar-refractivity contribution in [1.82, 2.24) is 24.4 Å². The molecule has 0 fully saturated rings. The van der Waals surface area contributed by atoms with E-state index in [0.29, 0.717) is 6.42 Å². The maximum atomic E-state index is 11.6. The number of imidazole rings is 2. The fourth-order valence-corrected chi connectivity index (χ4v) is 2.31. The lowest BCUT2D eigenvalue weighted by Crippen LogP contribution is -2.21. The van der Waals surface area contributed by atoms with Crippen molar-refractivity contribution in [3.05, 3.63) is 24.4 Å². The summed E-state index contributed by atoms with van der Waals surface area (Å²) >= 11 is 0. The summed E-state index contributed by atoms with van der Waals surface area (Å²) in [6, 6.07) is 0. The highest BCUT2D eigenvalue weighted by Gasteiger charge is 2.10. The van der Waals surface area contributed by atoms with Gasteiger partial charge in [-0.1, -0.05) is 13.3 Å². The van der Waals surface area contributed by atoms with Crippen molar-refractivity contribution in [3.63, 3.8) is 0 Å². The Labute approximate surface area is 131 Å². The monoisotopic (exact) mass is 303 g/mol. The number of carbonyl (C=O) groups excluding carboxylic acids is 1. The van der Waals surface area contributed by atoms with E-state index in [1.165, 1.54) is 0 Å². The number of H-pyrrole nitrogens is 1. The van der Waals surface area contributed by atoms with E-state index in [1.54, 1.807) is 25.2 Å². The van der Waals surface area contributed by atoms with Gasteiger partial charge in [-0.05, 0) is 12.8 Å². The second kappa shape index (κ2) is 7.77. The van der Waals surface area contributed by atoms with Gasteiger partial charge in [0.2, 0.25) is 5.91 Å². The number of aryl methyl sites for hydroxylation is 2. The average molecular weight is 303 g/mol. The fourth-order valence-electron chi connectivity index (χ4n) is 2.31. The van der Waals surface area contributed by atoms with Gasteiger partial charge in [-0.15, -0.1) is 0 Å². The molecule has 0 unspecified atom stereocenters. The number of aromatic amines is 1. The summed E-state index contributed by atoms with van der Waals surface area (Å²) in [6.45, 7) is 2.95. The van der Waals surface area contributed by atoms with E-state index in [1.807, 2.05) is 12.4 Å². The van der Waals surface area contributed by atoms with Gasteiger partial charge < -0.3 is 14.5 Å². The summed E-state index contributed by atoms with van der Waals surface area (Å²) in [7, 11) is 3.57. The van der Waals surface area contributed by atoms with Crippen molar-refractivity contribution in [3.8, 4) is 11.5 Å². The largest absolute Gasteiger partial charge is 0.349 e. The molecular weight excluding hydrogens is 278 g/mol. The molecule has 0 bridgehead atoms. The number of unbranched alkanes of at least 4 members (excludes halogenated alkanes) is 1. The first-order valence-electron chi connectivity index (χ1n) is 7.87. The van der Waals surface area contributed by atoms with Crippen molar-refractivity contribution in [1.29, 1.82) is 0 Å². The second-order valence-corrected chi connectivity index (χ2v) is 5.68. The van der Waals surface area contributed by atoms with E-state index in [-0.39, 0.29) is 5.91 Å². The van der Waals surface area contributed by atoms with Gasteiger partial charge in [-0.3, -0.25) is 4.79 Å². The predicted octanol–water partition coefficient (Wildman–Crippen LogP) is 2.48. The minimum Gasteiger partial charge on any atom is -0.349 e. The lowest BCUT2D eigenvalue weighted by Gasteiger charge is -2.10. The molecule has 2 aromatic rings. The number of amides is 1. The van der Waals surface area contributed by atoms with Gasteiger partial charge >= 0.3 is 0 Å². The van der Waals surface area contributed by atoms with E-state index in [4.69, 9.17) is 0 Å². The molecule has 2 aromatic heterocycles. The van der Waals surface area contributed by atoms with Gasteiger partial charge in [0.1, 0.15) is 11.5 Å². The molecule has 0 aromatic carbocycles. The van der Waals surface area contributed by atoms with Crippen LogP contribution in [0, 0.1) is 0 Å². The summed E-state index contributed by atoms with van der Waals surface area (Å²) in [5.41, 5.74) is 0.940. The van der Waals surface area contributed by atoms with E-state index in [2.05, 4.69) is 26.4 Å². The number of hydrogen-bond donors (Lipinski definition) is 1. The van der Waals surface area contributed by atoms with Crippen LogP contribution in [0.25, 0.3) is 11.5 Å². The third-order valence-electron chi connectivity index (χ3n) is 3.64. The zero-order chi connectivity index (χ0) is 15.9. The van der Waals surface area contributed by atoms with Gasteiger partial charge in [0.25, 0.3) is 0 Å². The molecule has 0 saturated carbocycles. The van der Waals surface area contributed by atoms with Crippen LogP contribution < -0.4 is 0 Å². The van der Waals surface area contributed by atoms with Crippen LogP contribution in [0.5, 0.6) is 0 Å². The summed E-state index contributed by atoms with van der Waals surface area (Å²) in [6.07, 6.45) is 10.2. The molecule has 1 N–H and O–H groups in total. The quantitative estimate of drug-likeness (QED) is 0.814. The zero-order valence-corrected chi connectivity index (χ0v) is 13.7. The molecule has 22 heavy (non-hydrogen) atoms. The third kappa shape index (κ3) is 4.19. The van der Waals surface area contributed by atoms with Crippen LogP contribution in [0.4, 0.5) is 0 Å². The Kier molecular flexibility index (Phi) is 5.75. The molecule has 120 valence electrons. The number of nitrogens with zero attached hydrogens (tertiary/aromatic N) is 4. The van der Waals surface area contributed by atoms with Crippen LogP contribution in [0.2, 0.25) is 0 Å². The highest BCUT2D eigenvalue weighted by molar-refractivity contribution is 5.75. The van der Waals surface area contributed by atoms with Gasteiger partial charge in [0.05, 0.1) is 6.20 Å². The Morgan fingerprint density at radius 1 is 1.32 bits per heavy atom. The topological polar surface area (TPSA) is 66.8 Å². The fraction of sp³-hybridized carbons (Fsp3) is 0.562. The Morgan fingerprint density at radius 2 is 2.14 bits per heavy atom. The van der Waals surface area contributed by atoms with Gasteiger partial charge in [-0.25, -0.2) is 9.97 Å². The molecule has 0 atom stereocenters. The van der Waals surface area contributed by atoms with Crippen LogP contribution in [0.1, 0.15) is 38.4 Å². The Morgan fingerprint density at radius 3 is 2.86 bits per heavy atom. The predicted molar refractivity (Wildman–Crippen MR) is 86.3 cm³/mol. The van der Waals surface area contributed by atoms with E-state index in [0.717, 1.165) is 49.6 Å². The zero-order valence-electron chi connectivity index (χ0n) is 13.7. The molecule has 6 nitrogen and oxygen atoms in total. The number of nitrogens with one attached hydrogen (secondary N) is 1. The molecular formula is C16H25N5O. The van der Waals surface area contributed by atoms with Crippen LogP contribution in [0.15, 0.2) is 18.6 Å². The SMILES string of the molecule is CCCCc1ncc(-c2nccn2CCCC(=O)N(C)C)[nH]1. The Bertz CT molecular complexity index is 599. The Balaban J connectivity index is 1.97. The molecule has 0 aliphatic rings. The molecule has 0 aliphatic carbocycles. The first-order valence-corrected chi connectivity index (χ1v) is 7.87. The van der Waals surface area contributed by atoms with Crippen LogP contribution >= 0.6 is 0 Å². The molecule has 0 spiro atoms. The van der Waals surface area contributed by atoms with Crippen LogP contribution in [-0.4, -0.2) is 44.4 Å². The molecule has 2 rings (SSSR count). The third-order valence-corrected chi connectivity index (χ3v) is 3.64. The van der Waals surface area contributed by atoms with Gasteiger partial charge in [0.15, 0.2) is 5.82 Å². The van der Waals surface area contributed by atoms with Crippen molar-refractivity contribution in [2.45, 2.75) is 45.6 Å². The first-order chi connectivity index (χ1) is 10.6. The molecule has 0 saturated heterocycles. The Hall–Kier alpha value is -2.11. The average Bonchev–Trinajstić information content (AvgIpc) is 3.13. The molecule has 1 amide bonds. The van der Waals surface area contributed by atoms with Crippen molar-refractivity contribution >= 4 is 5.91 Å². The number of carbonyl (C=O) groups is 1. The molecule has 6 heteroatoms. The first kappa shape index (κ1) is 16.3. The normalized spacial score (nSPS) is 10.9. The number of hydrogen-bond acceptors (Lipinski definition) is 3. The minimum atomic E-state index is 0.157. The van der Waals surface area contributed by atoms with E-state index in [9.17, 15) is 4.79 Å². The number of aromatic nitrogens is 4. The summed E-state index contributed by atoms with van der Waals surface area (Å²) < 4.78 is 2.07. The highest BCUT2D eigenvalue weighted by atomic mass is 16.2. The molecule has 2 heterocycles. The minimum absolute atomic E-state index is 0.157. The standard InChI is InChI=1S/C16H25N5O/c1-4-5-7-14-18-12-13(19-14)16-17-9-11-21(16)10-6-8-15(22)20(2)3/h9,11-12H,4-8,10H2,1-3H3,(H,18,19). The maximum Gasteiger partial charge on any atom is 0.222 e. The van der Waals surface area contributed by atoms with Crippen molar-refractivity contribution < 1.29 is 4.79 Å². The van der Waals surface area contributed by atoms with Gasteiger partial charge in [0, 0.05) is 45.9 Å². The van der Waals surface area contributed by atoms with Crippen LogP contribution in [0.3, 0.4) is 0 Å². The summed E-state index contributed by atoms with van der Waals surface area (Å²) in [5.74, 6) is 2.05. The lowest BCUT2D eigenvalue weighted by molar-refractivity contribution is -0.128. The van der Waals surface area contributed by atoms with E-state index < -0.39 is 0 Å². The smallest absolute Gasteiger partial charge is 0.222 e. The summed E-state index contributed by atoms with van der Waals surface area (Å²) in [4.78, 5) is 25.4. The molecule has 0 aliphatic heterocycles. The maximum absolute atomic E-state index is 11.6. The van der Waals surface area contributed by atoms with Gasteiger partial charge in [-0.2, -0.15) is 0 Å².